The van der Waals surface area contributed by atoms with E-state index in [9.17, 15) is 9.59 Å². The van der Waals surface area contributed by atoms with Crippen LogP contribution in [-0.4, -0.2) is 15.5 Å². The van der Waals surface area contributed by atoms with Crippen molar-refractivity contribution in [2.24, 2.45) is 0 Å². The predicted octanol–water partition coefficient (Wildman–Crippen LogP) is 4.59. The summed E-state index contributed by atoms with van der Waals surface area (Å²) in [4.78, 5) is 29.9. The lowest BCUT2D eigenvalue weighted by Crippen LogP contribution is -2.30. The quantitative estimate of drug-likeness (QED) is 0.449. The number of hydrogen-bond donors (Lipinski definition) is 1. The van der Waals surface area contributed by atoms with Crippen molar-refractivity contribution in [1.29, 1.82) is 0 Å². The van der Waals surface area contributed by atoms with Crippen molar-refractivity contribution in [3.05, 3.63) is 112 Å². The van der Waals surface area contributed by atoms with Gasteiger partial charge in [-0.15, -0.1) is 0 Å². The molecule has 0 saturated carbocycles. The summed E-state index contributed by atoms with van der Waals surface area (Å²) in [6.45, 7) is 2.40. The first kappa shape index (κ1) is 21.5. The van der Waals surface area contributed by atoms with E-state index in [4.69, 9.17) is 0 Å². The van der Waals surface area contributed by atoms with E-state index >= 15 is 0 Å². The molecule has 0 spiro atoms. The molecule has 0 bridgehead atoms. The third-order valence-corrected chi connectivity index (χ3v) is 5.68. The largest absolute Gasteiger partial charge is 0.349 e. The van der Waals surface area contributed by atoms with Gasteiger partial charge in [0.1, 0.15) is 0 Å². The average molecular weight is 426 g/mol. The number of hydrogen-bond acceptors (Lipinski definition) is 3. The molecule has 32 heavy (non-hydrogen) atoms. The molecule has 1 atom stereocenters. The number of amides is 1. The molecule has 1 amide bonds. The third kappa shape index (κ3) is 5.11. The Morgan fingerprint density at radius 3 is 2.44 bits per heavy atom. The molecule has 162 valence electrons. The minimum absolute atomic E-state index is 0.0209. The van der Waals surface area contributed by atoms with Crippen LogP contribution in [0.2, 0.25) is 0 Å². The zero-order valence-corrected chi connectivity index (χ0v) is 18.2. The lowest BCUT2D eigenvalue weighted by Gasteiger charge is -2.20. The molecule has 0 fully saturated rings. The number of para-hydroxylation sites is 1. The van der Waals surface area contributed by atoms with Crippen LogP contribution < -0.4 is 10.9 Å². The molecule has 4 rings (SSSR count). The molecular formula is C27H27N3O2. The SMILES string of the molecule is Cc1cccc2c(=O)n(CCCC(=O)N[C@@H](Cc3ccccc3)c3ccccc3)cnc12. The van der Waals surface area contributed by atoms with Gasteiger partial charge in [-0.25, -0.2) is 4.98 Å². The minimum Gasteiger partial charge on any atom is -0.349 e. The van der Waals surface area contributed by atoms with Gasteiger partial charge >= 0.3 is 0 Å². The third-order valence-electron chi connectivity index (χ3n) is 5.68. The van der Waals surface area contributed by atoms with Crippen LogP contribution in [0.1, 0.15) is 35.6 Å². The lowest BCUT2D eigenvalue weighted by atomic mass is 9.98. The first-order valence-corrected chi connectivity index (χ1v) is 10.9. The van der Waals surface area contributed by atoms with Gasteiger partial charge in [-0.2, -0.15) is 0 Å². The molecule has 5 nitrogen and oxygen atoms in total. The van der Waals surface area contributed by atoms with Crippen LogP contribution in [0.25, 0.3) is 10.9 Å². The molecule has 3 aromatic carbocycles. The predicted molar refractivity (Wildman–Crippen MR) is 127 cm³/mol. The first-order chi connectivity index (χ1) is 15.6. The Hall–Kier alpha value is -3.73. The summed E-state index contributed by atoms with van der Waals surface area (Å²) in [7, 11) is 0. The van der Waals surface area contributed by atoms with Crippen LogP contribution in [0.3, 0.4) is 0 Å². The maximum Gasteiger partial charge on any atom is 0.261 e. The van der Waals surface area contributed by atoms with Crippen molar-refractivity contribution in [3.8, 4) is 0 Å². The Labute approximate surface area is 187 Å². The Kier molecular flexibility index (Phi) is 6.75. The summed E-state index contributed by atoms with van der Waals surface area (Å²) in [5.41, 5.74) is 3.90. The van der Waals surface area contributed by atoms with E-state index in [1.54, 1.807) is 17.0 Å². The van der Waals surface area contributed by atoms with Crippen molar-refractivity contribution in [2.45, 2.75) is 38.8 Å². The standard InChI is InChI=1S/C27H27N3O2/c1-20-10-8-15-23-26(20)28-19-30(27(23)32)17-9-16-25(31)29-24(22-13-6-3-7-14-22)18-21-11-4-2-5-12-21/h2-8,10-15,19,24H,9,16-18H2,1H3,(H,29,31)/t24-/m0/s1. The number of benzene rings is 3. The van der Waals surface area contributed by atoms with Gasteiger partial charge in [-0.05, 0) is 42.5 Å². The fourth-order valence-electron chi connectivity index (χ4n) is 3.96. The molecule has 1 N–H and O–H groups in total. The smallest absolute Gasteiger partial charge is 0.261 e. The van der Waals surface area contributed by atoms with E-state index in [2.05, 4.69) is 22.4 Å². The van der Waals surface area contributed by atoms with Crippen LogP contribution in [0, 0.1) is 6.92 Å². The molecular weight excluding hydrogens is 398 g/mol. The molecule has 1 heterocycles. The lowest BCUT2D eigenvalue weighted by molar-refractivity contribution is -0.122. The first-order valence-electron chi connectivity index (χ1n) is 10.9. The van der Waals surface area contributed by atoms with Gasteiger partial charge < -0.3 is 5.32 Å². The maximum atomic E-state index is 12.7. The number of aromatic nitrogens is 2. The van der Waals surface area contributed by atoms with E-state index in [1.807, 2.05) is 67.6 Å². The second-order valence-electron chi connectivity index (χ2n) is 8.04. The molecule has 0 aliphatic heterocycles. The van der Waals surface area contributed by atoms with Crippen LogP contribution >= 0.6 is 0 Å². The number of nitrogens with zero attached hydrogens (tertiary/aromatic N) is 2. The van der Waals surface area contributed by atoms with Crippen molar-refractivity contribution >= 4 is 16.8 Å². The van der Waals surface area contributed by atoms with Gasteiger partial charge in [0.15, 0.2) is 0 Å². The average Bonchev–Trinajstić information content (AvgIpc) is 2.82. The molecule has 0 aliphatic carbocycles. The molecule has 4 aromatic rings. The van der Waals surface area contributed by atoms with Crippen LogP contribution in [0.5, 0.6) is 0 Å². The molecule has 0 radical (unpaired) electrons. The van der Waals surface area contributed by atoms with Gasteiger partial charge in [0.25, 0.3) is 5.56 Å². The summed E-state index contributed by atoms with van der Waals surface area (Å²) >= 11 is 0. The molecule has 0 saturated heterocycles. The van der Waals surface area contributed by atoms with E-state index in [-0.39, 0.29) is 17.5 Å². The highest BCUT2D eigenvalue weighted by atomic mass is 16.1. The van der Waals surface area contributed by atoms with Crippen molar-refractivity contribution in [1.82, 2.24) is 14.9 Å². The Morgan fingerprint density at radius 1 is 0.969 bits per heavy atom. The van der Waals surface area contributed by atoms with Gasteiger partial charge in [-0.3, -0.25) is 14.2 Å². The summed E-state index contributed by atoms with van der Waals surface area (Å²) in [5.74, 6) is -0.0209. The van der Waals surface area contributed by atoms with Crippen molar-refractivity contribution in [2.75, 3.05) is 0 Å². The fraction of sp³-hybridized carbons (Fsp3) is 0.222. The summed E-state index contributed by atoms with van der Waals surface area (Å²) in [6.07, 6.45) is 3.22. The number of carbonyl (C=O) groups is 1. The Bertz CT molecular complexity index is 1250. The maximum absolute atomic E-state index is 12.7. The number of carbonyl (C=O) groups excluding carboxylic acids is 1. The van der Waals surface area contributed by atoms with E-state index < -0.39 is 0 Å². The number of nitrogens with one attached hydrogen (secondary N) is 1. The van der Waals surface area contributed by atoms with E-state index in [0.29, 0.717) is 24.8 Å². The second-order valence-corrected chi connectivity index (χ2v) is 8.04. The zero-order chi connectivity index (χ0) is 22.3. The fourth-order valence-corrected chi connectivity index (χ4v) is 3.96. The molecule has 0 unspecified atom stereocenters. The van der Waals surface area contributed by atoms with Gasteiger partial charge in [0, 0.05) is 13.0 Å². The van der Waals surface area contributed by atoms with Gasteiger partial charge in [-0.1, -0.05) is 72.8 Å². The zero-order valence-electron chi connectivity index (χ0n) is 18.2. The van der Waals surface area contributed by atoms with Crippen LogP contribution in [0.15, 0.2) is 90.0 Å². The topological polar surface area (TPSA) is 64.0 Å². The van der Waals surface area contributed by atoms with Crippen LogP contribution in [0.4, 0.5) is 0 Å². The molecule has 0 aliphatic rings. The molecule has 5 heteroatoms. The highest BCUT2D eigenvalue weighted by Gasteiger charge is 2.15. The monoisotopic (exact) mass is 425 g/mol. The molecule has 1 aromatic heterocycles. The van der Waals surface area contributed by atoms with Crippen molar-refractivity contribution in [3.63, 3.8) is 0 Å². The summed E-state index contributed by atoms with van der Waals surface area (Å²) in [5, 5.41) is 3.79. The number of rotatable bonds is 8. The van der Waals surface area contributed by atoms with Gasteiger partial charge in [0.2, 0.25) is 5.91 Å². The minimum atomic E-state index is -0.0980. The Balaban J connectivity index is 1.40. The second kappa shape index (κ2) is 10.1. The number of aryl methyl sites for hydroxylation is 2. The highest BCUT2D eigenvalue weighted by molar-refractivity contribution is 5.80. The van der Waals surface area contributed by atoms with E-state index in [1.165, 1.54) is 5.56 Å². The summed E-state index contributed by atoms with van der Waals surface area (Å²) in [6, 6.07) is 25.7. The van der Waals surface area contributed by atoms with E-state index in [0.717, 1.165) is 23.1 Å². The van der Waals surface area contributed by atoms with Gasteiger partial charge in [0.05, 0.1) is 23.3 Å². The normalized spacial score (nSPS) is 11.9. The Morgan fingerprint density at radius 2 is 1.69 bits per heavy atom. The summed E-state index contributed by atoms with van der Waals surface area (Å²) < 4.78 is 1.59. The van der Waals surface area contributed by atoms with Crippen molar-refractivity contribution < 1.29 is 4.79 Å². The number of fused-ring (bicyclic) bond motifs is 1. The highest BCUT2D eigenvalue weighted by Crippen LogP contribution is 2.19. The van der Waals surface area contributed by atoms with Crippen LogP contribution in [-0.2, 0) is 17.8 Å².